The van der Waals surface area contributed by atoms with E-state index in [9.17, 15) is 0 Å². The summed E-state index contributed by atoms with van der Waals surface area (Å²) in [7, 11) is 0. The summed E-state index contributed by atoms with van der Waals surface area (Å²) in [6.07, 6.45) is 0. The molecule has 90 valence electrons. The Kier molecular flexibility index (Phi) is 2.70. The molecular weight excluding hydrogens is 208 g/mol. The SMILES string of the molecule is Cc1cc(C(C)(C)N)c2ccc(C)c(C)c2n1. The highest BCUT2D eigenvalue weighted by atomic mass is 14.7. The van der Waals surface area contributed by atoms with Crippen molar-refractivity contribution in [1.29, 1.82) is 0 Å². The number of hydrogen-bond donors (Lipinski definition) is 1. The van der Waals surface area contributed by atoms with Crippen LogP contribution in [0.2, 0.25) is 0 Å². The van der Waals surface area contributed by atoms with Gasteiger partial charge in [-0.15, -0.1) is 0 Å². The quantitative estimate of drug-likeness (QED) is 0.813. The maximum Gasteiger partial charge on any atom is 0.0740 e. The Bertz CT molecular complexity index is 577. The highest BCUT2D eigenvalue weighted by Gasteiger charge is 2.19. The van der Waals surface area contributed by atoms with Crippen LogP contribution in [0.4, 0.5) is 0 Å². The summed E-state index contributed by atoms with van der Waals surface area (Å²) in [6, 6.07) is 6.37. The van der Waals surface area contributed by atoms with Gasteiger partial charge < -0.3 is 5.73 Å². The molecule has 0 saturated carbocycles. The van der Waals surface area contributed by atoms with Gasteiger partial charge in [0.15, 0.2) is 0 Å². The number of nitrogens with two attached hydrogens (primary N) is 1. The second-order valence-electron chi connectivity index (χ2n) is 5.44. The summed E-state index contributed by atoms with van der Waals surface area (Å²) < 4.78 is 0. The van der Waals surface area contributed by atoms with Gasteiger partial charge in [-0.25, -0.2) is 0 Å². The van der Waals surface area contributed by atoms with Crippen molar-refractivity contribution in [3.63, 3.8) is 0 Å². The molecule has 0 spiro atoms. The molecule has 2 heteroatoms. The smallest absolute Gasteiger partial charge is 0.0740 e. The van der Waals surface area contributed by atoms with Crippen LogP contribution in [-0.2, 0) is 5.54 Å². The predicted molar refractivity (Wildman–Crippen MR) is 73.2 cm³/mol. The number of hydrogen-bond acceptors (Lipinski definition) is 2. The molecule has 0 fully saturated rings. The van der Waals surface area contributed by atoms with E-state index >= 15 is 0 Å². The minimum absolute atomic E-state index is 0.340. The van der Waals surface area contributed by atoms with Crippen LogP contribution in [0.5, 0.6) is 0 Å². The maximum absolute atomic E-state index is 6.25. The molecule has 0 saturated heterocycles. The summed E-state index contributed by atoms with van der Waals surface area (Å²) in [5.74, 6) is 0. The van der Waals surface area contributed by atoms with Crippen LogP contribution in [0, 0.1) is 20.8 Å². The van der Waals surface area contributed by atoms with Gasteiger partial charge in [0, 0.05) is 16.6 Å². The van der Waals surface area contributed by atoms with E-state index in [4.69, 9.17) is 5.73 Å². The molecule has 0 bridgehead atoms. The fourth-order valence-corrected chi connectivity index (χ4v) is 2.19. The van der Waals surface area contributed by atoms with Crippen LogP contribution < -0.4 is 5.73 Å². The lowest BCUT2D eigenvalue weighted by atomic mass is 9.90. The number of aryl methyl sites for hydroxylation is 3. The van der Waals surface area contributed by atoms with E-state index in [-0.39, 0.29) is 5.54 Å². The first-order valence-electron chi connectivity index (χ1n) is 5.97. The molecule has 2 nitrogen and oxygen atoms in total. The summed E-state index contributed by atoms with van der Waals surface area (Å²) >= 11 is 0. The van der Waals surface area contributed by atoms with E-state index in [2.05, 4.69) is 37.0 Å². The first kappa shape index (κ1) is 12.1. The van der Waals surface area contributed by atoms with Gasteiger partial charge in [-0.05, 0) is 57.4 Å². The number of nitrogens with zero attached hydrogens (tertiary/aromatic N) is 1. The molecule has 2 N–H and O–H groups in total. The fourth-order valence-electron chi connectivity index (χ4n) is 2.19. The molecule has 2 rings (SSSR count). The highest BCUT2D eigenvalue weighted by molar-refractivity contribution is 5.87. The molecule has 0 aliphatic carbocycles. The van der Waals surface area contributed by atoms with Crippen molar-refractivity contribution >= 4 is 10.9 Å². The molecule has 0 aliphatic heterocycles. The minimum Gasteiger partial charge on any atom is -0.322 e. The van der Waals surface area contributed by atoms with Gasteiger partial charge in [0.1, 0.15) is 0 Å². The second-order valence-corrected chi connectivity index (χ2v) is 5.44. The van der Waals surface area contributed by atoms with Crippen molar-refractivity contribution < 1.29 is 0 Å². The normalized spacial score (nSPS) is 12.1. The van der Waals surface area contributed by atoms with Crippen LogP contribution >= 0.6 is 0 Å². The van der Waals surface area contributed by atoms with E-state index in [1.807, 2.05) is 20.8 Å². The molecule has 0 amide bonds. The van der Waals surface area contributed by atoms with E-state index in [1.54, 1.807) is 0 Å². The zero-order chi connectivity index (χ0) is 12.8. The number of fused-ring (bicyclic) bond motifs is 1. The Morgan fingerprint density at radius 1 is 1.12 bits per heavy atom. The molecular formula is C15H20N2. The fraction of sp³-hybridized carbons (Fsp3) is 0.400. The maximum atomic E-state index is 6.25. The van der Waals surface area contributed by atoms with Gasteiger partial charge in [-0.1, -0.05) is 12.1 Å². The van der Waals surface area contributed by atoms with Gasteiger partial charge in [-0.3, -0.25) is 4.98 Å². The van der Waals surface area contributed by atoms with Crippen LogP contribution in [0.15, 0.2) is 18.2 Å². The van der Waals surface area contributed by atoms with Crippen molar-refractivity contribution in [2.45, 2.75) is 40.2 Å². The second kappa shape index (κ2) is 3.81. The van der Waals surface area contributed by atoms with Crippen molar-refractivity contribution in [3.8, 4) is 0 Å². The van der Waals surface area contributed by atoms with Crippen molar-refractivity contribution in [1.82, 2.24) is 4.98 Å². The summed E-state index contributed by atoms with van der Waals surface area (Å²) in [6.45, 7) is 10.3. The van der Waals surface area contributed by atoms with Gasteiger partial charge in [0.25, 0.3) is 0 Å². The van der Waals surface area contributed by atoms with Crippen molar-refractivity contribution in [2.75, 3.05) is 0 Å². The lowest BCUT2D eigenvalue weighted by Crippen LogP contribution is -2.29. The van der Waals surface area contributed by atoms with Gasteiger partial charge in [-0.2, -0.15) is 0 Å². The lowest BCUT2D eigenvalue weighted by Gasteiger charge is -2.22. The predicted octanol–water partition coefficient (Wildman–Crippen LogP) is 3.35. The van der Waals surface area contributed by atoms with E-state index < -0.39 is 0 Å². The third kappa shape index (κ3) is 2.05. The van der Waals surface area contributed by atoms with Crippen LogP contribution in [-0.4, -0.2) is 4.98 Å². The number of pyridine rings is 1. The molecule has 17 heavy (non-hydrogen) atoms. The van der Waals surface area contributed by atoms with Gasteiger partial charge >= 0.3 is 0 Å². The van der Waals surface area contributed by atoms with Crippen LogP contribution in [0.1, 0.15) is 36.2 Å². The Morgan fingerprint density at radius 2 is 1.76 bits per heavy atom. The molecule has 2 aromatic rings. The largest absolute Gasteiger partial charge is 0.322 e. The Balaban J connectivity index is 2.92. The van der Waals surface area contributed by atoms with Crippen molar-refractivity contribution in [2.24, 2.45) is 5.73 Å². The third-order valence-corrected chi connectivity index (χ3v) is 3.33. The van der Waals surface area contributed by atoms with Crippen LogP contribution in [0.3, 0.4) is 0 Å². The summed E-state index contributed by atoms with van der Waals surface area (Å²) in [4.78, 5) is 4.65. The first-order chi connectivity index (χ1) is 7.80. The van der Waals surface area contributed by atoms with Gasteiger partial charge in [0.05, 0.1) is 5.52 Å². The molecule has 1 aromatic carbocycles. The monoisotopic (exact) mass is 228 g/mol. The average molecular weight is 228 g/mol. The Morgan fingerprint density at radius 3 is 2.35 bits per heavy atom. The molecule has 0 unspecified atom stereocenters. The number of rotatable bonds is 1. The molecule has 1 aromatic heterocycles. The minimum atomic E-state index is -0.340. The molecule has 0 atom stereocenters. The summed E-state index contributed by atoms with van der Waals surface area (Å²) in [5.41, 5.74) is 11.7. The standard InChI is InChI=1S/C15H20N2/c1-9-6-7-12-13(15(4,5)16)8-10(2)17-14(12)11(9)3/h6-8H,16H2,1-5H3. The van der Waals surface area contributed by atoms with Crippen LogP contribution in [0.25, 0.3) is 10.9 Å². The third-order valence-electron chi connectivity index (χ3n) is 3.33. The molecule has 0 radical (unpaired) electrons. The zero-order valence-electron chi connectivity index (χ0n) is 11.3. The van der Waals surface area contributed by atoms with E-state index in [0.29, 0.717) is 0 Å². The molecule has 1 heterocycles. The average Bonchev–Trinajstić information content (AvgIpc) is 2.22. The highest BCUT2D eigenvalue weighted by Crippen LogP contribution is 2.29. The first-order valence-corrected chi connectivity index (χ1v) is 5.97. The zero-order valence-corrected chi connectivity index (χ0v) is 11.3. The van der Waals surface area contributed by atoms with Crippen molar-refractivity contribution in [3.05, 3.63) is 40.6 Å². The van der Waals surface area contributed by atoms with E-state index in [1.165, 1.54) is 22.1 Å². The Labute approximate surface area is 103 Å². The van der Waals surface area contributed by atoms with E-state index in [0.717, 1.165) is 11.2 Å². The lowest BCUT2D eigenvalue weighted by molar-refractivity contribution is 0.558. The summed E-state index contributed by atoms with van der Waals surface area (Å²) in [5, 5.41) is 1.17. The number of aromatic nitrogens is 1. The molecule has 0 aliphatic rings. The van der Waals surface area contributed by atoms with Gasteiger partial charge in [0.2, 0.25) is 0 Å². The Hall–Kier alpha value is -1.41. The topological polar surface area (TPSA) is 38.9 Å². The number of benzene rings is 1.